The number of hydrogen-bond acceptors (Lipinski definition) is 7. The van der Waals surface area contributed by atoms with E-state index in [1.54, 1.807) is 29.2 Å². The Labute approximate surface area is 143 Å². The molecule has 0 aliphatic carbocycles. The van der Waals surface area contributed by atoms with Gasteiger partial charge in [-0.1, -0.05) is 29.4 Å². The molecule has 4 aromatic rings. The van der Waals surface area contributed by atoms with E-state index >= 15 is 0 Å². The Bertz CT molecular complexity index is 1010. The van der Waals surface area contributed by atoms with Crippen LogP contribution in [0.5, 0.6) is 0 Å². The molecule has 3 heterocycles. The van der Waals surface area contributed by atoms with Gasteiger partial charge in [0.1, 0.15) is 0 Å². The lowest BCUT2D eigenvalue weighted by Gasteiger charge is -2.04. The predicted molar refractivity (Wildman–Crippen MR) is 91.7 cm³/mol. The largest absolute Gasteiger partial charge is 0.382 e. The number of anilines is 1. The zero-order valence-corrected chi connectivity index (χ0v) is 13.5. The van der Waals surface area contributed by atoms with Crippen LogP contribution in [0.4, 0.5) is 5.82 Å². The molecule has 0 bridgehead atoms. The van der Waals surface area contributed by atoms with E-state index in [1.165, 1.54) is 5.56 Å². The molecule has 2 N–H and O–H groups in total. The van der Waals surface area contributed by atoms with Gasteiger partial charge in [-0.3, -0.25) is 4.98 Å². The van der Waals surface area contributed by atoms with Crippen molar-refractivity contribution >= 4 is 5.82 Å². The predicted octanol–water partition coefficient (Wildman–Crippen LogP) is 2.52. The first-order valence-corrected chi connectivity index (χ1v) is 7.81. The van der Waals surface area contributed by atoms with Gasteiger partial charge in [0.2, 0.25) is 5.82 Å². The fourth-order valence-electron chi connectivity index (χ4n) is 2.48. The molecule has 0 aliphatic heterocycles. The maximum atomic E-state index is 6.21. The first-order chi connectivity index (χ1) is 12.3. The SMILES string of the molecule is CCc1cccc(-n2nnc(-c3nc(-c4ccncc4)no3)c2N)c1. The molecule has 124 valence electrons. The first-order valence-electron chi connectivity index (χ1n) is 7.81. The van der Waals surface area contributed by atoms with Crippen LogP contribution >= 0.6 is 0 Å². The summed E-state index contributed by atoms with van der Waals surface area (Å²) in [4.78, 5) is 8.32. The molecular formula is C17H15N7O. The molecule has 0 atom stereocenters. The lowest BCUT2D eigenvalue weighted by Crippen LogP contribution is -2.02. The molecule has 0 saturated heterocycles. The Hall–Kier alpha value is -3.55. The Morgan fingerprint density at radius 3 is 2.80 bits per heavy atom. The zero-order valence-electron chi connectivity index (χ0n) is 13.5. The molecule has 3 aromatic heterocycles. The molecular weight excluding hydrogens is 318 g/mol. The van der Waals surface area contributed by atoms with E-state index in [2.05, 4.69) is 38.4 Å². The smallest absolute Gasteiger partial charge is 0.282 e. The van der Waals surface area contributed by atoms with Crippen LogP contribution in [0.25, 0.3) is 28.7 Å². The van der Waals surface area contributed by atoms with Crippen LogP contribution in [0.2, 0.25) is 0 Å². The van der Waals surface area contributed by atoms with E-state index in [1.807, 2.05) is 18.2 Å². The average Bonchev–Trinajstić information content (AvgIpc) is 3.29. The molecule has 1 aromatic carbocycles. The van der Waals surface area contributed by atoms with Crippen molar-refractivity contribution in [2.75, 3.05) is 5.73 Å². The summed E-state index contributed by atoms with van der Waals surface area (Å²) in [6.45, 7) is 2.09. The number of aryl methyl sites for hydroxylation is 1. The Balaban J connectivity index is 1.71. The zero-order chi connectivity index (χ0) is 17.2. The lowest BCUT2D eigenvalue weighted by molar-refractivity contribution is 0.431. The number of benzene rings is 1. The monoisotopic (exact) mass is 333 g/mol. The molecule has 0 radical (unpaired) electrons. The summed E-state index contributed by atoms with van der Waals surface area (Å²) in [5.41, 5.74) is 9.39. The molecule has 0 unspecified atom stereocenters. The molecule has 8 nitrogen and oxygen atoms in total. The van der Waals surface area contributed by atoms with Gasteiger partial charge in [0.05, 0.1) is 5.69 Å². The highest BCUT2D eigenvalue weighted by Gasteiger charge is 2.19. The topological polar surface area (TPSA) is 109 Å². The van der Waals surface area contributed by atoms with Gasteiger partial charge in [0.25, 0.3) is 5.89 Å². The van der Waals surface area contributed by atoms with Crippen LogP contribution in [-0.2, 0) is 6.42 Å². The third-order valence-corrected chi connectivity index (χ3v) is 3.84. The van der Waals surface area contributed by atoms with Crippen molar-refractivity contribution in [1.29, 1.82) is 0 Å². The van der Waals surface area contributed by atoms with E-state index in [0.717, 1.165) is 17.7 Å². The summed E-state index contributed by atoms with van der Waals surface area (Å²) in [6.07, 6.45) is 4.25. The molecule has 8 heteroatoms. The van der Waals surface area contributed by atoms with Gasteiger partial charge < -0.3 is 10.3 Å². The van der Waals surface area contributed by atoms with E-state index in [4.69, 9.17) is 10.3 Å². The van der Waals surface area contributed by atoms with Gasteiger partial charge in [-0.15, -0.1) is 5.10 Å². The van der Waals surface area contributed by atoms with Crippen molar-refractivity contribution in [1.82, 2.24) is 30.1 Å². The summed E-state index contributed by atoms with van der Waals surface area (Å²) < 4.78 is 6.86. The number of nitrogens with zero attached hydrogens (tertiary/aromatic N) is 6. The van der Waals surface area contributed by atoms with Gasteiger partial charge >= 0.3 is 0 Å². The van der Waals surface area contributed by atoms with Gasteiger partial charge in [0.15, 0.2) is 11.5 Å². The van der Waals surface area contributed by atoms with E-state index in [0.29, 0.717) is 17.3 Å². The highest BCUT2D eigenvalue weighted by molar-refractivity contribution is 5.66. The first kappa shape index (κ1) is 15.0. The van der Waals surface area contributed by atoms with E-state index in [-0.39, 0.29) is 5.89 Å². The average molecular weight is 333 g/mol. The lowest BCUT2D eigenvalue weighted by atomic mass is 10.1. The van der Waals surface area contributed by atoms with Gasteiger partial charge in [-0.05, 0) is 36.2 Å². The molecule has 0 aliphatic rings. The van der Waals surface area contributed by atoms with Crippen molar-refractivity contribution in [3.8, 4) is 28.7 Å². The molecule has 0 amide bonds. The third kappa shape index (κ3) is 2.74. The Kier molecular flexibility index (Phi) is 3.70. The van der Waals surface area contributed by atoms with Crippen LogP contribution in [0, 0.1) is 0 Å². The van der Waals surface area contributed by atoms with Crippen LogP contribution in [0.3, 0.4) is 0 Å². The fourth-order valence-corrected chi connectivity index (χ4v) is 2.48. The van der Waals surface area contributed by atoms with Crippen LogP contribution in [-0.4, -0.2) is 30.1 Å². The number of pyridine rings is 1. The number of nitrogen functional groups attached to an aromatic ring is 1. The second kappa shape index (κ2) is 6.16. The molecule has 0 fully saturated rings. The number of rotatable bonds is 4. The van der Waals surface area contributed by atoms with Crippen molar-refractivity contribution in [2.45, 2.75) is 13.3 Å². The van der Waals surface area contributed by atoms with Crippen LogP contribution in [0.1, 0.15) is 12.5 Å². The van der Waals surface area contributed by atoms with E-state index < -0.39 is 0 Å². The van der Waals surface area contributed by atoms with Gasteiger partial charge in [-0.25, -0.2) is 0 Å². The minimum absolute atomic E-state index is 0.224. The standard InChI is InChI=1S/C17H15N7O/c1-2-11-4-3-5-13(10-11)24-15(18)14(21-23-24)17-20-16(22-25-17)12-6-8-19-9-7-12/h3-10H,2,18H2,1H3. The van der Waals surface area contributed by atoms with Crippen molar-refractivity contribution in [2.24, 2.45) is 0 Å². The third-order valence-electron chi connectivity index (χ3n) is 3.84. The highest BCUT2D eigenvalue weighted by atomic mass is 16.5. The summed E-state index contributed by atoms with van der Waals surface area (Å²) >= 11 is 0. The highest BCUT2D eigenvalue weighted by Crippen LogP contribution is 2.26. The van der Waals surface area contributed by atoms with E-state index in [9.17, 15) is 0 Å². The summed E-state index contributed by atoms with van der Waals surface area (Å²) in [5, 5.41) is 12.2. The Morgan fingerprint density at radius 1 is 1.16 bits per heavy atom. The number of nitrogens with two attached hydrogens (primary N) is 1. The quantitative estimate of drug-likeness (QED) is 0.611. The number of hydrogen-bond donors (Lipinski definition) is 1. The van der Waals surface area contributed by atoms with Gasteiger partial charge in [0, 0.05) is 18.0 Å². The second-order valence-electron chi connectivity index (χ2n) is 5.42. The minimum atomic E-state index is 0.224. The van der Waals surface area contributed by atoms with Crippen molar-refractivity contribution in [3.05, 3.63) is 54.4 Å². The van der Waals surface area contributed by atoms with Crippen molar-refractivity contribution in [3.63, 3.8) is 0 Å². The minimum Gasteiger partial charge on any atom is -0.382 e. The summed E-state index contributed by atoms with van der Waals surface area (Å²) in [5.74, 6) is 1.01. The molecule has 25 heavy (non-hydrogen) atoms. The fraction of sp³-hybridized carbons (Fsp3) is 0.118. The molecule has 4 rings (SSSR count). The van der Waals surface area contributed by atoms with Crippen LogP contribution in [0.15, 0.2) is 53.3 Å². The van der Waals surface area contributed by atoms with Gasteiger partial charge in [-0.2, -0.15) is 9.67 Å². The number of aromatic nitrogens is 6. The Morgan fingerprint density at radius 2 is 2.00 bits per heavy atom. The van der Waals surface area contributed by atoms with Crippen molar-refractivity contribution < 1.29 is 4.52 Å². The summed E-state index contributed by atoms with van der Waals surface area (Å²) in [7, 11) is 0. The molecule has 0 saturated carbocycles. The summed E-state index contributed by atoms with van der Waals surface area (Å²) in [6, 6.07) is 11.5. The van der Waals surface area contributed by atoms with Crippen LogP contribution < -0.4 is 5.73 Å². The second-order valence-corrected chi connectivity index (χ2v) is 5.42. The normalized spacial score (nSPS) is 10.9. The molecule has 0 spiro atoms. The maximum Gasteiger partial charge on any atom is 0.282 e. The maximum absolute atomic E-state index is 6.21.